The molecule has 1 aliphatic rings. The number of fused-ring (bicyclic) bond motifs is 1. The van der Waals surface area contributed by atoms with Crippen LogP contribution in [0.5, 0.6) is 0 Å². The fourth-order valence-corrected chi connectivity index (χ4v) is 3.42. The summed E-state index contributed by atoms with van der Waals surface area (Å²) in [5.74, 6) is 2.47. The molecule has 2 aromatic heterocycles. The Morgan fingerprint density at radius 1 is 1.14 bits per heavy atom. The summed E-state index contributed by atoms with van der Waals surface area (Å²) in [6.45, 7) is 2.10. The molecule has 0 atom stereocenters. The molecule has 4 nitrogen and oxygen atoms in total. The van der Waals surface area contributed by atoms with E-state index in [2.05, 4.69) is 40.7 Å². The number of hydrogen-bond acceptors (Lipinski definition) is 3. The van der Waals surface area contributed by atoms with E-state index in [9.17, 15) is 0 Å². The molecule has 1 fully saturated rings. The first kappa shape index (κ1) is 13.4. The summed E-state index contributed by atoms with van der Waals surface area (Å²) in [7, 11) is 2.04. The van der Waals surface area contributed by atoms with Gasteiger partial charge in [-0.1, -0.05) is 36.6 Å². The molecule has 4 heteroatoms. The molecule has 1 aliphatic carbocycles. The van der Waals surface area contributed by atoms with Crippen LogP contribution in [-0.4, -0.2) is 19.5 Å². The van der Waals surface area contributed by atoms with E-state index < -0.39 is 0 Å². The molecular formula is C18H20N4. The molecule has 0 bridgehead atoms. The third kappa shape index (κ3) is 2.19. The molecule has 22 heavy (non-hydrogen) atoms. The molecular weight excluding hydrogens is 272 g/mol. The Morgan fingerprint density at radius 2 is 1.95 bits per heavy atom. The Morgan fingerprint density at radius 3 is 2.73 bits per heavy atom. The van der Waals surface area contributed by atoms with E-state index in [1.807, 2.05) is 13.2 Å². The van der Waals surface area contributed by atoms with Crippen LogP contribution in [0.2, 0.25) is 0 Å². The highest BCUT2D eigenvalue weighted by molar-refractivity contribution is 5.76. The maximum absolute atomic E-state index is 4.81. The van der Waals surface area contributed by atoms with Crippen LogP contribution in [0.3, 0.4) is 0 Å². The van der Waals surface area contributed by atoms with Crippen LogP contribution in [0.25, 0.3) is 22.6 Å². The summed E-state index contributed by atoms with van der Waals surface area (Å²) in [5.41, 5.74) is 4.18. The van der Waals surface area contributed by atoms with Crippen molar-refractivity contribution in [3.05, 3.63) is 41.9 Å². The molecule has 112 valence electrons. The SMILES string of the molecule is Cc1cccc(-c2nc3cnc(C4CCCC4)nc3n2C)c1. The lowest BCUT2D eigenvalue weighted by Gasteiger charge is -2.07. The zero-order chi connectivity index (χ0) is 15.1. The summed E-state index contributed by atoms with van der Waals surface area (Å²) in [4.78, 5) is 14.1. The third-order valence-electron chi connectivity index (χ3n) is 4.63. The number of rotatable bonds is 2. The van der Waals surface area contributed by atoms with E-state index in [4.69, 9.17) is 9.97 Å². The quantitative estimate of drug-likeness (QED) is 0.717. The van der Waals surface area contributed by atoms with Crippen LogP contribution in [0, 0.1) is 6.92 Å². The van der Waals surface area contributed by atoms with Gasteiger partial charge >= 0.3 is 0 Å². The van der Waals surface area contributed by atoms with Gasteiger partial charge in [-0.3, -0.25) is 0 Å². The second-order valence-electron chi connectivity index (χ2n) is 6.28. The van der Waals surface area contributed by atoms with Gasteiger partial charge in [0.05, 0.1) is 6.20 Å². The van der Waals surface area contributed by atoms with Crippen molar-refractivity contribution in [2.45, 2.75) is 38.5 Å². The molecule has 0 spiro atoms. The highest BCUT2D eigenvalue weighted by atomic mass is 15.1. The van der Waals surface area contributed by atoms with Gasteiger partial charge in [0, 0.05) is 18.5 Å². The first-order chi connectivity index (χ1) is 10.7. The van der Waals surface area contributed by atoms with Crippen LogP contribution >= 0.6 is 0 Å². The number of nitrogens with zero attached hydrogens (tertiary/aromatic N) is 4. The van der Waals surface area contributed by atoms with Crippen molar-refractivity contribution in [3.8, 4) is 11.4 Å². The number of benzene rings is 1. The van der Waals surface area contributed by atoms with Gasteiger partial charge in [-0.2, -0.15) is 0 Å². The first-order valence-corrected chi connectivity index (χ1v) is 7.99. The minimum atomic E-state index is 0.529. The molecule has 1 aromatic carbocycles. The minimum absolute atomic E-state index is 0.529. The molecule has 1 saturated carbocycles. The normalized spacial score (nSPS) is 15.7. The van der Waals surface area contributed by atoms with Crippen molar-refractivity contribution >= 4 is 11.2 Å². The van der Waals surface area contributed by atoms with Gasteiger partial charge in [0.1, 0.15) is 17.2 Å². The summed E-state index contributed by atoms with van der Waals surface area (Å²) in [6, 6.07) is 8.43. The van der Waals surface area contributed by atoms with Crippen LogP contribution < -0.4 is 0 Å². The largest absolute Gasteiger partial charge is 0.312 e. The van der Waals surface area contributed by atoms with Crippen molar-refractivity contribution in [3.63, 3.8) is 0 Å². The zero-order valence-electron chi connectivity index (χ0n) is 13.1. The second kappa shape index (κ2) is 5.20. The monoisotopic (exact) mass is 292 g/mol. The van der Waals surface area contributed by atoms with Crippen molar-refractivity contribution in [2.24, 2.45) is 7.05 Å². The Hall–Kier alpha value is -2.23. The standard InChI is InChI=1S/C18H20N4/c1-12-6-5-9-14(10-12)17-20-15-11-19-16(13-7-3-4-8-13)21-18(15)22(17)2/h5-6,9-11,13H,3-4,7-8H2,1-2H3. The molecule has 3 aromatic rings. The summed E-state index contributed by atoms with van der Waals surface area (Å²) >= 11 is 0. The molecule has 0 saturated heterocycles. The molecule has 0 radical (unpaired) electrons. The van der Waals surface area contributed by atoms with Gasteiger partial charge in [0.2, 0.25) is 0 Å². The molecule has 0 N–H and O–H groups in total. The van der Waals surface area contributed by atoms with Gasteiger partial charge in [0.25, 0.3) is 0 Å². The van der Waals surface area contributed by atoms with Gasteiger partial charge in [0.15, 0.2) is 5.65 Å². The molecule has 4 rings (SSSR count). The van der Waals surface area contributed by atoms with Crippen molar-refractivity contribution in [2.75, 3.05) is 0 Å². The lowest BCUT2D eigenvalue weighted by Crippen LogP contribution is -2.02. The minimum Gasteiger partial charge on any atom is -0.312 e. The van der Waals surface area contributed by atoms with Crippen molar-refractivity contribution < 1.29 is 0 Å². The van der Waals surface area contributed by atoms with Crippen LogP contribution in [0.15, 0.2) is 30.5 Å². The lowest BCUT2D eigenvalue weighted by molar-refractivity contribution is 0.670. The maximum atomic E-state index is 4.81. The van der Waals surface area contributed by atoms with Gasteiger partial charge in [-0.15, -0.1) is 0 Å². The number of hydrogen-bond donors (Lipinski definition) is 0. The Bertz CT molecular complexity index is 828. The third-order valence-corrected chi connectivity index (χ3v) is 4.63. The number of aromatic nitrogens is 4. The van der Waals surface area contributed by atoms with E-state index in [0.29, 0.717) is 5.92 Å². The van der Waals surface area contributed by atoms with E-state index in [0.717, 1.165) is 28.4 Å². The lowest BCUT2D eigenvalue weighted by atomic mass is 10.1. The average molecular weight is 292 g/mol. The maximum Gasteiger partial charge on any atom is 0.163 e. The van der Waals surface area contributed by atoms with Gasteiger partial charge in [-0.05, 0) is 25.8 Å². The number of imidazole rings is 1. The molecule has 2 heterocycles. The highest BCUT2D eigenvalue weighted by Crippen LogP contribution is 2.33. The average Bonchev–Trinajstić information content (AvgIpc) is 3.16. The van der Waals surface area contributed by atoms with Crippen LogP contribution in [0.4, 0.5) is 0 Å². The Balaban J connectivity index is 1.83. The fourth-order valence-electron chi connectivity index (χ4n) is 3.42. The zero-order valence-corrected chi connectivity index (χ0v) is 13.1. The summed E-state index contributed by atoms with van der Waals surface area (Å²) in [6.07, 6.45) is 6.91. The predicted molar refractivity (Wildman–Crippen MR) is 87.7 cm³/mol. The van der Waals surface area contributed by atoms with E-state index in [1.165, 1.54) is 31.2 Å². The van der Waals surface area contributed by atoms with Crippen LogP contribution in [0.1, 0.15) is 43.0 Å². The smallest absolute Gasteiger partial charge is 0.163 e. The highest BCUT2D eigenvalue weighted by Gasteiger charge is 2.21. The number of aryl methyl sites for hydroxylation is 2. The summed E-state index contributed by atoms with van der Waals surface area (Å²) in [5, 5.41) is 0. The predicted octanol–water partition coefficient (Wildman–Crippen LogP) is 4.00. The molecule has 0 aliphatic heterocycles. The van der Waals surface area contributed by atoms with Crippen molar-refractivity contribution in [1.29, 1.82) is 0 Å². The molecule has 0 unspecified atom stereocenters. The fraction of sp³-hybridized carbons (Fsp3) is 0.389. The molecule has 0 amide bonds. The van der Waals surface area contributed by atoms with E-state index in [-0.39, 0.29) is 0 Å². The van der Waals surface area contributed by atoms with Crippen LogP contribution in [-0.2, 0) is 7.05 Å². The Kier molecular flexibility index (Phi) is 3.17. The van der Waals surface area contributed by atoms with E-state index in [1.54, 1.807) is 0 Å². The Labute approximate surface area is 130 Å². The first-order valence-electron chi connectivity index (χ1n) is 7.99. The topological polar surface area (TPSA) is 43.6 Å². The second-order valence-corrected chi connectivity index (χ2v) is 6.28. The summed E-state index contributed by atoms with van der Waals surface area (Å²) < 4.78 is 2.09. The van der Waals surface area contributed by atoms with Gasteiger partial charge in [-0.25, -0.2) is 15.0 Å². The van der Waals surface area contributed by atoms with Gasteiger partial charge < -0.3 is 4.57 Å². The van der Waals surface area contributed by atoms with E-state index >= 15 is 0 Å². The van der Waals surface area contributed by atoms with Crippen molar-refractivity contribution in [1.82, 2.24) is 19.5 Å².